The number of hydrogen-bond acceptors (Lipinski definition) is 4. The Hall–Kier alpha value is -3.88. The lowest BCUT2D eigenvalue weighted by Crippen LogP contribution is -2.17. The summed E-state index contributed by atoms with van der Waals surface area (Å²) in [5.41, 5.74) is 3.07. The van der Waals surface area contributed by atoms with E-state index in [2.05, 4.69) is 20.0 Å². The van der Waals surface area contributed by atoms with Crippen LogP contribution >= 0.6 is 0 Å². The van der Waals surface area contributed by atoms with E-state index in [1.807, 2.05) is 31.5 Å². The van der Waals surface area contributed by atoms with E-state index in [0.717, 1.165) is 23.3 Å². The van der Waals surface area contributed by atoms with Gasteiger partial charge in [-0.05, 0) is 48.9 Å². The van der Waals surface area contributed by atoms with Gasteiger partial charge in [0.1, 0.15) is 5.75 Å². The Bertz CT molecular complexity index is 1180. The van der Waals surface area contributed by atoms with Crippen LogP contribution in [0.2, 0.25) is 0 Å². The zero-order chi connectivity index (χ0) is 21.3. The number of nitrogens with zero attached hydrogens (tertiary/aromatic N) is 3. The Morgan fingerprint density at radius 1 is 1.13 bits per heavy atom. The van der Waals surface area contributed by atoms with Crippen molar-refractivity contribution in [2.75, 3.05) is 5.32 Å². The molecule has 6 nitrogen and oxygen atoms in total. The second-order valence-electron chi connectivity index (χ2n) is 6.51. The quantitative estimate of drug-likeness (QED) is 0.520. The second kappa shape index (κ2) is 7.51. The highest BCUT2D eigenvalue weighted by Crippen LogP contribution is 2.26. The molecule has 2 aromatic heterocycles. The van der Waals surface area contributed by atoms with Gasteiger partial charge in [0.05, 0.1) is 5.69 Å². The van der Waals surface area contributed by atoms with E-state index in [1.165, 1.54) is 12.1 Å². The molecule has 2 heterocycles. The van der Waals surface area contributed by atoms with Crippen LogP contribution in [0.1, 0.15) is 15.9 Å². The number of imidazole rings is 1. The van der Waals surface area contributed by atoms with Gasteiger partial charge < -0.3 is 10.1 Å². The highest BCUT2D eigenvalue weighted by Gasteiger charge is 2.31. The number of hydrogen-bond donors (Lipinski definition) is 1. The smallest absolute Gasteiger partial charge is 0.406 e. The molecule has 0 spiro atoms. The number of aryl methyl sites for hydroxylation is 1. The molecule has 0 atom stereocenters. The maximum Gasteiger partial charge on any atom is 0.573 e. The molecule has 1 amide bonds. The fourth-order valence-corrected chi connectivity index (χ4v) is 2.89. The number of carbonyl (C=O) groups is 1. The van der Waals surface area contributed by atoms with Crippen molar-refractivity contribution in [2.45, 2.75) is 13.3 Å². The van der Waals surface area contributed by atoms with Crippen molar-refractivity contribution in [1.82, 2.24) is 14.4 Å². The van der Waals surface area contributed by atoms with E-state index in [0.29, 0.717) is 17.2 Å². The fourth-order valence-electron chi connectivity index (χ4n) is 2.89. The Labute approximate surface area is 169 Å². The summed E-state index contributed by atoms with van der Waals surface area (Å²) in [6.07, 6.45) is 0.534. The minimum Gasteiger partial charge on any atom is -0.406 e. The summed E-state index contributed by atoms with van der Waals surface area (Å²) in [5, 5.41) is 2.79. The van der Waals surface area contributed by atoms with Gasteiger partial charge in [0.15, 0.2) is 0 Å². The molecule has 30 heavy (non-hydrogen) atoms. The van der Waals surface area contributed by atoms with Crippen molar-refractivity contribution in [3.8, 4) is 17.0 Å². The van der Waals surface area contributed by atoms with Crippen LogP contribution in [-0.2, 0) is 0 Å². The van der Waals surface area contributed by atoms with Crippen molar-refractivity contribution in [3.63, 3.8) is 0 Å². The molecule has 0 fully saturated rings. The fraction of sp³-hybridized carbons (Fsp3) is 0.0952. The normalized spacial score (nSPS) is 11.5. The van der Waals surface area contributed by atoms with E-state index in [-0.39, 0.29) is 5.56 Å². The molecular formula is C21H15F3N4O2. The predicted molar refractivity (Wildman–Crippen MR) is 104 cm³/mol. The number of ether oxygens (including phenoxy) is 1. The molecular weight excluding hydrogens is 397 g/mol. The number of fused-ring (bicyclic) bond motifs is 1. The number of benzene rings is 2. The molecule has 4 rings (SSSR count). The first kappa shape index (κ1) is 19.4. The number of nitrogens with one attached hydrogen (secondary N) is 1. The van der Waals surface area contributed by atoms with Crippen LogP contribution in [0.25, 0.3) is 17.0 Å². The molecule has 2 aromatic carbocycles. The van der Waals surface area contributed by atoms with Crippen LogP contribution in [-0.4, -0.2) is 26.6 Å². The third-order valence-corrected chi connectivity index (χ3v) is 4.37. The number of rotatable bonds is 4. The SMILES string of the molecule is Cc1ccc(-c2cn3cccnc3n2)cc1NC(=O)c1ccc(OC(F)(F)F)cc1. The summed E-state index contributed by atoms with van der Waals surface area (Å²) in [4.78, 5) is 21.2. The highest BCUT2D eigenvalue weighted by molar-refractivity contribution is 6.05. The number of amides is 1. The average Bonchev–Trinajstić information content (AvgIpc) is 3.13. The predicted octanol–water partition coefficient (Wildman–Crippen LogP) is 4.86. The lowest BCUT2D eigenvalue weighted by molar-refractivity contribution is -0.274. The molecule has 152 valence electrons. The van der Waals surface area contributed by atoms with Gasteiger partial charge in [-0.25, -0.2) is 9.97 Å². The lowest BCUT2D eigenvalue weighted by atomic mass is 10.1. The van der Waals surface area contributed by atoms with Crippen LogP contribution < -0.4 is 10.1 Å². The Kier molecular flexibility index (Phi) is 4.86. The first-order valence-corrected chi connectivity index (χ1v) is 8.86. The van der Waals surface area contributed by atoms with Gasteiger partial charge in [0.25, 0.3) is 5.91 Å². The van der Waals surface area contributed by atoms with Crippen LogP contribution in [0.5, 0.6) is 5.75 Å². The van der Waals surface area contributed by atoms with Crippen molar-refractivity contribution in [1.29, 1.82) is 0 Å². The van der Waals surface area contributed by atoms with Crippen LogP contribution in [0.3, 0.4) is 0 Å². The molecule has 0 bridgehead atoms. The van der Waals surface area contributed by atoms with Gasteiger partial charge in [0.2, 0.25) is 5.78 Å². The Morgan fingerprint density at radius 3 is 2.60 bits per heavy atom. The second-order valence-corrected chi connectivity index (χ2v) is 6.51. The van der Waals surface area contributed by atoms with Crippen LogP contribution in [0.15, 0.2) is 67.1 Å². The van der Waals surface area contributed by atoms with Gasteiger partial charge in [0, 0.05) is 35.4 Å². The first-order valence-electron chi connectivity index (χ1n) is 8.86. The van der Waals surface area contributed by atoms with Crippen LogP contribution in [0, 0.1) is 6.92 Å². The van der Waals surface area contributed by atoms with Gasteiger partial charge in [-0.15, -0.1) is 13.2 Å². The molecule has 0 unspecified atom stereocenters. The summed E-state index contributed by atoms with van der Waals surface area (Å²) in [5.74, 6) is -0.289. The molecule has 4 aromatic rings. The molecule has 0 saturated heterocycles. The standard InChI is InChI=1S/C21H15F3N4O2/c1-13-3-4-15(18-12-28-10-2-9-25-20(28)27-18)11-17(13)26-19(29)14-5-7-16(8-6-14)30-21(22,23)24/h2-12H,1H3,(H,26,29). The maximum absolute atomic E-state index is 12.5. The molecule has 0 aliphatic carbocycles. The van der Waals surface area contributed by atoms with Crippen molar-refractivity contribution in [3.05, 3.63) is 78.2 Å². The third kappa shape index (κ3) is 4.24. The first-order chi connectivity index (χ1) is 14.3. The van der Waals surface area contributed by atoms with E-state index >= 15 is 0 Å². The minimum atomic E-state index is -4.78. The lowest BCUT2D eigenvalue weighted by Gasteiger charge is -2.11. The van der Waals surface area contributed by atoms with E-state index in [1.54, 1.807) is 22.7 Å². The maximum atomic E-state index is 12.5. The molecule has 0 aliphatic rings. The van der Waals surface area contributed by atoms with Crippen LogP contribution in [0.4, 0.5) is 18.9 Å². The average molecular weight is 412 g/mol. The topological polar surface area (TPSA) is 68.5 Å². The largest absolute Gasteiger partial charge is 0.573 e. The summed E-state index contributed by atoms with van der Waals surface area (Å²) >= 11 is 0. The minimum absolute atomic E-state index is 0.200. The van der Waals surface area contributed by atoms with E-state index in [4.69, 9.17) is 0 Å². The molecule has 0 aliphatic heterocycles. The number of aromatic nitrogens is 3. The van der Waals surface area contributed by atoms with Gasteiger partial charge >= 0.3 is 6.36 Å². The highest BCUT2D eigenvalue weighted by atomic mass is 19.4. The molecule has 0 saturated carbocycles. The number of carbonyl (C=O) groups excluding carboxylic acids is 1. The number of alkyl halides is 3. The van der Waals surface area contributed by atoms with Crippen molar-refractivity contribution in [2.24, 2.45) is 0 Å². The summed E-state index contributed by atoms with van der Waals surface area (Å²) in [6.45, 7) is 1.84. The molecule has 0 radical (unpaired) electrons. The Balaban J connectivity index is 1.55. The summed E-state index contributed by atoms with van der Waals surface area (Å²) in [7, 11) is 0. The van der Waals surface area contributed by atoms with Crippen molar-refractivity contribution < 1.29 is 22.7 Å². The van der Waals surface area contributed by atoms with Gasteiger partial charge in [-0.1, -0.05) is 12.1 Å². The third-order valence-electron chi connectivity index (χ3n) is 4.37. The Morgan fingerprint density at radius 2 is 1.90 bits per heavy atom. The molecule has 1 N–H and O–H groups in total. The summed E-state index contributed by atoms with van der Waals surface area (Å²) in [6, 6.07) is 12.0. The number of halogens is 3. The van der Waals surface area contributed by atoms with Gasteiger partial charge in [-0.3, -0.25) is 9.20 Å². The zero-order valence-corrected chi connectivity index (χ0v) is 15.6. The summed E-state index contributed by atoms with van der Waals surface area (Å²) < 4.78 is 42.4. The monoisotopic (exact) mass is 412 g/mol. The van der Waals surface area contributed by atoms with Crippen molar-refractivity contribution >= 4 is 17.4 Å². The number of anilines is 1. The van der Waals surface area contributed by atoms with E-state index in [9.17, 15) is 18.0 Å². The van der Waals surface area contributed by atoms with Gasteiger partial charge in [-0.2, -0.15) is 0 Å². The molecule has 9 heteroatoms. The zero-order valence-electron chi connectivity index (χ0n) is 15.6. The van der Waals surface area contributed by atoms with E-state index < -0.39 is 18.0 Å².